The van der Waals surface area contributed by atoms with Crippen LogP contribution < -0.4 is 14.2 Å². The van der Waals surface area contributed by atoms with E-state index in [0.717, 1.165) is 16.7 Å². The predicted octanol–water partition coefficient (Wildman–Crippen LogP) is 4.54. The van der Waals surface area contributed by atoms with E-state index in [1.807, 2.05) is 43.0 Å². The number of halogens is 1. The van der Waals surface area contributed by atoms with Gasteiger partial charge in [0, 0.05) is 31.0 Å². The molecule has 2 aliphatic heterocycles. The summed E-state index contributed by atoms with van der Waals surface area (Å²) in [6.45, 7) is 4.89. The Morgan fingerprint density at radius 3 is 2.47 bits per heavy atom. The van der Waals surface area contributed by atoms with Crippen LogP contribution in [0.1, 0.15) is 46.3 Å². The van der Waals surface area contributed by atoms with Crippen LogP contribution in [0.2, 0.25) is 5.02 Å². The number of methoxy groups -OCH3 is 2. The molecule has 0 N–H and O–H groups in total. The summed E-state index contributed by atoms with van der Waals surface area (Å²) in [5.74, 6) is 1.97. The molecule has 1 saturated heterocycles. The van der Waals surface area contributed by atoms with Crippen molar-refractivity contribution in [1.29, 1.82) is 0 Å². The Labute approximate surface area is 193 Å². The number of hydrogen-bond acceptors (Lipinski definition) is 5. The summed E-state index contributed by atoms with van der Waals surface area (Å²) in [7, 11) is 3.16. The third-order valence-corrected chi connectivity index (χ3v) is 7.14. The zero-order chi connectivity index (χ0) is 23.0. The van der Waals surface area contributed by atoms with Crippen molar-refractivity contribution in [2.45, 2.75) is 45.1 Å². The summed E-state index contributed by atoms with van der Waals surface area (Å²) in [6.07, 6.45) is 1.85. The molecule has 1 spiro atoms. The van der Waals surface area contributed by atoms with Crippen LogP contribution in [0.4, 0.5) is 0 Å². The highest BCUT2D eigenvalue weighted by Crippen LogP contribution is 2.43. The van der Waals surface area contributed by atoms with E-state index in [-0.39, 0.29) is 18.1 Å². The number of nitrogens with zero attached hydrogens (tertiary/aromatic N) is 1. The van der Waals surface area contributed by atoms with E-state index < -0.39 is 5.60 Å². The predicted molar refractivity (Wildman–Crippen MR) is 122 cm³/mol. The fourth-order valence-electron chi connectivity index (χ4n) is 4.72. The van der Waals surface area contributed by atoms with Crippen molar-refractivity contribution >= 4 is 23.3 Å². The van der Waals surface area contributed by atoms with Gasteiger partial charge in [-0.1, -0.05) is 17.7 Å². The lowest BCUT2D eigenvalue weighted by molar-refractivity contribution is -0.134. The van der Waals surface area contributed by atoms with Gasteiger partial charge in [0.2, 0.25) is 5.91 Å². The Balaban J connectivity index is 1.44. The Hall–Kier alpha value is -2.73. The Kier molecular flexibility index (Phi) is 6.08. The SMILES string of the molecule is COc1ccc(CC(=O)N2CCC3(CC2)CC(=O)c2c(cc(C)c(Cl)c2C)O3)cc1OC. The number of carbonyl (C=O) groups excluding carboxylic acids is 2. The zero-order valence-corrected chi connectivity index (χ0v) is 19.7. The molecule has 7 heteroatoms. The van der Waals surface area contributed by atoms with Crippen LogP contribution in [0.15, 0.2) is 24.3 Å². The quantitative estimate of drug-likeness (QED) is 0.674. The molecule has 1 amide bonds. The summed E-state index contributed by atoms with van der Waals surface area (Å²) in [5, 5.41) is 0.618. The van der Waals surface area contributed by atoms with E-state index in [4.69, 9.17) is 25.8 Å². The number of carbonyl (C=O) groups is 2. The molecule has 2 heterocycles. The van der Waals surface area contributed by atoms with Crippen LogP contribution in [-0.2, 0) is 11.2 Å². The molecule has 4 rings (SSSR count). The highest BCUT2D eigenvalue weighted by Gasteiger charge is 2.44. The van der Waals surface area contributed by atoms with Gasteiger partial charge in [-0.25, -0.2) is 0 Å². The lowest BCUT2D eigenvalue weighted by Gasteiger charge is -2.44. The van der Waals surface area contributed by atoms with E-state index in [0.29, 0.717) is 60.2 Å². The van der Waals surface area contributed by atoms with Gasteiger partial charge in [-0.15, -0.1) is 0 Å². The number of likely N-dealkylation sites (tertiary alicyclic amines) is 1. The maximum absolute atomic E-state index is 13.0. The van der Waals surface area contributed by atoms with Crippen LogP contribution in [-0.4, -0.2) is 49.5 Å². The average Bonchev–Trinajstić information content (AvgIpc) is 2.77. The van der Waals surface area contributed by atoms with E-state index in [1.54, 1.807) is 14.2 Å². The van der Waals surface area contributed by atoms with Gasteiger partial charge < -0.3 is 19.1 Å². The second-order valence-electron chi connectivity index (χ2n) is 8.64. The maximum atomic E-state index is 13.0. The number of hydrogen-bond donors (Lipinski definition) is 0. The van der Waals surface area contributed by atoms with Gasteiger partial charge in [0.05, 0.1) is 32.6 Å². The van der Waals surface area contributed by atoms with Gasteiger partial charge in [0.15, 0.2) is 17.3 Å². The zero-order valence-electron chi connectivity index (χ0n) is 18.9. The minimum atomic E-state index is -0.559. The number of rotatable bonds is 4. The van der Waals surface area contributed by atoms with Gasteiger partial charge in [-0.3, -0.25) is 9.59 Å². The van der Waals surface area contributed by atoms with E-state index in [9.17, 15) is 9.59 Å². The number of Topliss-reactive ketones (excluding diaryl/α,β-unsaturated/α-hetero) is 1. The van der Waals surface area contributed by atoms with Crippen molar-refractivity contribution < 1.29 is 23.8 Å². The summed E-state index contributed by atoms with van der Waals surface area (Å²) in [5.41, 5.74) is 2.59. The number of piperidine rings is 1. The smallest absolute Gasteiger partial charge is 0.226 e. The number of fused-ring (bicyclic) bond motifs is 1. The van der Waals surface area contributed by atoms with Crippen LogP contribution >= 0.6 is 11.6 Å². The topological polar surface area (TPSA) is 65.1 Å². The lowest BCUT2D eigenvalue weighted by atomic mass is 9.81. The van der Waals surface area contributed by atoms with Crippen molar-refractivity contribution in [1.82, 2.24) is 4.90 Å². The molecule has 32 heavy (non-hydrogen) atoms. The van der Waals surface area contributed by atoms with Crippen LogP contribution in [0.25, 0.3) is 0 Å². The third-order valence-electron chi connectivity index (χ3n) is 6.56. The summed E-state index contributed by atoms with van der Waals surface area (Å²) in [4.78, 5) is 27.7. The van der Waals surface area contributed by atoms with Gasteiger partial charge in [-0.05, 0) is 48.7 Å². The van der Waals surface area contributed by atoms with Gasteiger partial charge >= 0.3 is 0 Å². The van der Waals surface area contributed by atoms with Gasteiger partial charge in [-0.2, -0.15) is 0 Å². The Morgan fingerprint density at radius 1 is 1.12 bits per heavy atom. The molecule has 6 nitrogen and oxygen atoms in total. The standard InChI is InChI=1S/C25H28ClNO5/c1-15-11-21-23(16(2)24(15)26)18(28)14-25(32-21)7-9-27(10-8-25)22(29)13-17-5-6-19(30-3)20(12-17)31-4/h5-6,11-12H,7-10,13-14H2,1-4H3. The number of amides is 1. The molecule has 1 fully saturated rings. The average molecular weight is 458 g/mol. The molecule has 2 aliphatic rings. The first-order chi connectivity index (χ1) is 15.3. The molecule has 2 aromatic carbocycles. The number of ether oxygens (including phenoxy) is 3. The van der Waals surface area contributed by atoms with Crippen molar-refractivity contribution in [2.24, 2.45) is 0 Å². The molecule has 0 atom stereocenters. The van der Waals surface area contributed by atoms with Gasteiger partial charge in [0.25, 0.3) is 0 Å². The largest absolute Gasteiger partial charge is 0.493 e. The molecular weight excluding hydrogens is 430 g/mol. The molecule has 0 saturated carbocycles. The van der Waals surface area contributed by atoms with Crippen LogP contribution in [0, 0.1) is 13.8 Å². The minimum absolute atomic E-state index is 0.0491. The van der Waals surface area contributed by atoms with Crippen molar-refractivity contribution in [3.05, 3.63) is 51.5 Å². The lowest BCUT2D eigenvalue weighted by Crippen LogP contribution is -2.52. The highest BCUT2D eigenvalue weighted by atomic mass is 35.5. The van der Waals surface area contributed by atoms with Crippen molar-refractivity contribution in [2.75, 3.05) is 27.3 Å². The van der Waals surface area contributed by atoms with Crippen molar-refractivity contribution in [3.63, 3.8) is 0 Å². The highest BCUT2D eigenvalue weighted by molar-refractivity contribution is 6.32. The second-order valence-corrected chi connectivity index (χ2v) is 9.02. The van der Waals surface area contributed by atoms with E-state index >= 15 is 0 Å². The fraction of sp³-hybridized carbons (Fsp3) is 0.440. The minimum Gasteiger partial charge on any atom is -0.493 e. The normalized spacial score (nSPS) is 17.0. The summed E-state index contributed by atoms with van der Waals surface area (Å²) in [6, 6.07) is 7.37. The molecule has 0 radical (unpaired) electrons. The third kappa shape index (κ3) is 4.04. The molecule has 0 aromatic heterocycles. The molecule has 2 aromatic rings. The van der Waals surface area contributed by atoms with E-state index in [1.165, 1.54) is 0 Å². The molecule has 0 bridgehead atoms. The number of ketones is 1. The van der Waals surface area contributed by atoms with E-state index in [2.05, 4.69) is 0 Å². The Bertz CT molecular complexity index is 1070. The molecule has 0 unspecified atom stereocenters. The second kappa shape index (κ2) is 8.66. The first-order valence-corrected chi connectivity index (χ1v) is 11.2. The number of benzene rings is 2. The molecule has 0 aliphatic carbocycles. The first kappa shape index (κ1) is 22.5. The van der Waals surface area contributed by atoms with Crippen LogP contribution in [0.5, 0.6) is 17.2 Å². The maximum Gasteiger partial charge on any atom is 0.226 e. The molecule has 170 valence electrons. The van der Waals surface area contributed by atoms with Crippen LogP contribution in [0.3, 0.4) is 0 Å². The Morgan fingerprint density at radius 2 is 1.81 bits per heavy atom. The summed E-state index contributed by atoms with van der Waals surface area (Å²) >= 11 is 6.35. The number of aryl methyl sites for hydroxylation is 1. The first-order valence-electron chi connectivity index (χ1n) is 10.8. The van der Waals surface area contributed by atoms with Gasteiger partial charge in [0.1, 0.15) is 11.4 Å². The summed E-state index contributed by atoms with van der Waals surface area (Å²) < 4.78 is 17.0. The fourth-order valence-corrected chi connectivity index (χ4v) is 4.87. The monoisotopic (exact) mass is 457 g/mol. The van der Waals surface area contributed by atoms with Crippen molar-refractivity contribution in [3.8, 4) is 17.2 Å². The molecular formula is C25H28ClNO5.